The van der Waals surface area contributed by atoms with Crippen molar-refractivity contribution in [3.63, 3.8) is 0 Å². The Hall–Kier alpha value is -1.46. The fourth-order valence-electron chi connectivity index (χ4n) is 1.44. The predicted molar refractivity (Wildman–Crippen MR) is 73.8 cm³/mol. The molecule has 0 bridgehead atoms. The lowest BCUT2D eigenvalue weighted by atomic mass is 10.2. The van der Waals surface area contributed by atoms with Crippen LogP contribution in [0.15, 0.2) is 18.2 Å². The summed E-state index contributed by atoms with van der Waals surface area (Å²) in [6, 6.07) is 5.73. The fraction of sp³-hybridized carbons (Fsp3) is 0.250. The van der Waals surface area contributed by atoms with Crippen LogP contribution >= 0.6 is 23.1 Å². The molecule has 0 aliphatic heterocycles. The van der Waals surface area contributed by atoms with E-state index in [2.05, 4.69) is 14.7 Å². The van der Waals surface area contributed by atoms with Crippen LogP contribution in [0.4, 0.5) is 10.8 Å². The first-order chi connectivity index (χ1) is 8.54. The third-order valence-corrected chi connectivity index (χ3v) is 3.22. The van der Waals surface area contributed by atoms with Crippen LogP contribution in [0.2, 0.25) is 5.02 Å². The lowest BCUT2D eigenvalue weighted by Gasteiger charge is -2.05. The van der Waals surface area contributed by atoms with Crippen LogP contribution in [-0.2, 0) is 11.2 Å². The van der Waals surface area contributed by atoms with Crippen molar-refractivity contribution in [3.8, 4) is 0 Å². The summed E-state index contributed by atoms with van der Waals surface area (Å²) in [6.45, 7) is 3.50. The molecule has 0 radical (unpaired) electrons. The van der Waals surface area contributed by atoms with Crippen LogP contribution in [0.25, 0.3) is 0 Å². The first kappa shape index (κ1) is 13.0. The second-order valence-corrected chi connectivity index (χ2v) is 5.16. The molecule has 0 fully saturated rings. The first-order valence-electron chi connectivity index (χ1n) is 5.40. The Morgan fingerprint density at radius 2 is 2.28 bits per heavy atom. The summed E-state index contributed by atoms with van der Waals surface area (Å²) in [4.78, 5) is 15.2. The number of nitrogens with zero attached hydrogens (tertiary/aromatic N) is 2. The van der Waals surface area contributed by atoms with Gasteiger partial charge in [0, 0.05) is 11.5 Å². The molecule has 1 aromatic heterocycles. The number of carbonyl (C=O) groups excluding carboxylic acids is 1. The molecule has 0 aliphatic rings. The van der Waals surface area contributed by atoms with Gasteiger partial charge >= 0.3 is 0 Å². The number of anilines is 2. The molecule has 0 spiro atoms. The smallest absolute Gasteiger partial charge is 0.207 e. The zero-order valence-electron chi connectivity index (χ0n) is 10.0. The van der Waals surface area contributed by atoms with Crippen molar-refractivity contribution < 1.29 is 4.79 Å². The van der Waals surface area contributed by atoms with Crippen molar-refractivity contribution in [2.75, 3.05) is 5.32 Å². The van der Waals surface area contributed by atoms with E-state index >= 15 is 0 Å². The van der Waals surface area contributed by atoms with Crippen LogP contribution < -0.4 is 5.32 Å². The van der Waals surface area contributed by atoms with Crippen LogP contribution in [0, 0.1) is 6.92 Å². The molecule has 0 saturated heterocycles. The van der Waals surface area contributed by atoms with E-state index in [0.717, 1.165) is 11.3 Å². The largest absolute Gasteiger partial charge is 0.329 e. The maximum absolute atomic E-state index is 11.0. The third kappa shape index (κ3) is 3.27. The van der Waals surface area contributed by atoms with Crippen molar-refractivity contribution in [1.29, 1.82) is 0 Å². The highest BCUT2D eigenvalue weighted by Gasteiger charge is 2.08. The van der Waals surface area contributed by atoms with Gasteiger partial charge in [0.05, 0.1) is 17.1 Å². The van der Waals surface area contributed by atoms with E-state index in [1.165, 1.54) is 18.5 Å². The van der Waals surface area contributed by atoms with Gasteiger partial charge in [0.2, 0.25) is 5.13 Å². The Labute approximate surface area is 114 Å². The summed E-state index contributed by atoms with van der Waals surface area (Å²) in [6.07, 6.45) is 0.264. The summed E-state index contributed by atoms with van der Waals surface area (Å²) in [5, 5.41) is 4.37. The van der Waals surface area contributed by atoms with Gasteiger partial charge in [-0.2, -0.15) is 4.37 Å². The van der Waals surface area contributed by atoms with Gasteiger partial charge in [-0.25, -0.2) is 4.98 Å². The van der Waals surface area contributed by atoms with E-state index in [4.69, 9.17) is 11.6 Å². The standard InChI is InChI=1S/C12H12ClN3OS/c1-7-3-4-10(9(13)5-7)14-12-15-11(16-18-12)6-8(2)17/h3-5H,6H2,1-2H3,(H,14,15,16). The Balaban J connectivity index is 2.13. The molecule has 0 saturated carbocycles. The van der Waals surface area contributed by atoms with Crippen LogP contribution in [0.3, 0.4) is 0 Å². The normalized spacial score (nSPS) is 10.4. The van der Waals surface area contributed by atoms with E-state index in [-0.39, 0.29) is 12.2 Å². The zero-order chi connectivity index (χ0) is 13.1. The van der Waals surface area contributed by atoms with Crippen LogP contribution in [0.1, 0.15) is 18.3 Å². The predicted octanol–water partition coefficient (Wildman–Crippen LogP) is 3.38. The first-order valence-corrected chi connectivity index (χ1v) is 6.55. The van der Waals surface area contributed by atoms with E-state index in [1.54, 1.807) is 0 Å². The molecule has 4 nitrogen and oxygen atoms in total. The molecule has 94 valence electrons. The molecule has 0 atom stereocenters. The van der Waals surface area contributed by atoms with E-state index < -0.39 is 0 Å². The average Bonchev–Trinajstić information content (AvgIpc) is 2.69. The minimum atomic E-state index is 0.0488. The quantitative estimate of drug-likeness (QED) is 0.933. The number of aromatic nitrogens is 2. The van der Waals surface area contributed by atoms with E-state index in [9.17, 15) is 4.79 Å². The number of aryl methyl sites for hydroxylation is 1. The number of hydrogen-bond acceptors (Lipinski definition) is 5. The summed E-state index contributed by atoms with van der Waals surface area (Å²) < 4.78 is 4.10. The topological polar surface area (TPSA) is 54.9 Å². The number of halogens is 1. The fourth-order valence-corrected chi connectivity index (χ4v) is 2.32. The van der Waals surface area contributed by atoms with Crippen LogP contribution in [-0.4, -0.2) is 15.1 Å². The highest BCUT2D eigenvalue weighted by molar-refractivity contribution is 7.09. The molecular weight excluding hydrogens is 270 g/mol. The van der Waals surface area contributed by atoms with E-state index in [1.807, 2.05) is 25.1 Å². The van der Waals surface area contributed by atoms with Crippen LogP contribution in [0.5, 0.6) is 0 Å². The molecule has 18 heavy (non-hydrogen) atoms. The van der Waals surface area contributed by atoms with Gasteiger partial charge in [-0.1, -0.05) is 17.7 Å². The number of carbonyl (C=O) groups is 1. The molecule has 1 N–H and O–H groups in total. The second-order valence-electron chi connectivity index (χ2n) is 4.00. The Bertz CT molecular complexity index is 582. The number of benzene rings is 1. The third-order valence-electron chi connectivity index (χ3n) is 2.24. The highest BCUT2D eigenvalue weighted by Crippen LogP contribution is 2.27. The lowest BCUT2D eigenvalue weighted by Crippen LogP contribution is -1.98. The summed E-state index contributed by atoms with van der Waals surface area (Å²) >= 11 is 7.33. The monoisotopic (exact) mass is 281 g/mol. The summed E-state index contributed by atoms with van der Waals surface area (Å²) in [5.41, 5.74) is 1.88. The number of ketones is 1. The zero-order valence-corrected chi connectivity index (χ0v) is 11.6. The maximum atomic E-state index is 11.0. The Morgan fingerprint density at radius 3 is 2.94 bits per heavy atom. The SMILES string of the molecule is CC(=O)Cc1nsc(Nc2ccc(C)cc2Cl)n1. The lowest BCUT2D eigenvalue weighted by molar-refractivity contribution is -0.116. The molecular formula is C12H12ClN3OS. The van der Waals surface area contributed by atoms with E-state index in [0.29, 0.717) is 16.0 Å². The van der Waals surface area contributed by atoms with Crippen molar-refractivity contribution >= 4 is 39.7 Å². The van der Waals surface area contributed by atoms with Gasteiger partial charge < -0.3 is 5.32 Å². The molecule has 6 heteroatoms. The average molecular weight is 282 g/mol. The highest BCUT2D eigenvalue weighted by atomic mass is 35.5. The van der Waals surface area contributed by atoms with Gasteiger partial charge in [-0.3, -0.25) is 4.79 Å². The molecule has 0 aliphatic carbocycles. The molecule has 1 aromatic carbocycles. The maximum Gasteiger partial charge on any atom is 0.207 e. The molecule has 2 aromatic rings. The summed E-state index contributed by atoms with van der Waals surface area (Å²) in [5.74, 6) is 0.589. The van der Waals surface area contributed by atoms with Gasteiger partial charge in [0.15, 0.2) is 5.82 Å². The van der Waals surface area contributed by atoms with Crippen molar-refractivity contribution in [1.82, 2.24) is 9.36 Å². The molecule has 1 heterocycles. The molecule has 0 unspecified atom stereocenters. The minimum absolute atomic E-state index is 0.0488. The Kier molecular flexibility index (Phi) is 3.93. The van der Waals surface area contributed by atoms with Gasteiger partial charge in [0.25, 0.3) is 0 Å². The van der Waals surface area contributed by atoms with Crippen molar-refractivity contribution in [2.45, 2.75) is 20.3 Å². The molecule has 0 amide bonds. The van der Waals surface area contributed by atoms with Crippen molar-refractivity contribution in [3.05, 3.63) is 34.6 Å². The number of Topliss-reactive ketones (excluding diaryl/α,β-unsaturated/α-hetero) is 1. The summed E-state index contributed by atoms with van der Waals surface area (Å²) in [7, 11) is 0. The van der Waals surface area contributed by atoms with Crippen molar-refractivity contribution in [2.24, 2.45) is 0 Å². The minimum Gasteiger partial charge on any atom is -0.329 e. The van der Waals surface area contributed by atoms with Gasteiger partial charge in [-0.05, 0) is 31.5 Å². The number of nitrogens with one attached hydrogen (secondary N) is 1. The number of hydrogen-bond donors (Lipinski definition) is 1. The second kappa shape index (κ2) is 5.46. The van der Waals surface area contributed by atoms with Gasteiger partial charge in [0.1, 0.15) is 5.78 Å². The number of rotatable bonds is 4. The van der Waals surface area contributed by atoms with Gasteiger partial charge in [-0.15, -0.1) is 0 Å². The molecule has 2 rings (SSSR count). The Morgan fingerprint density at radius 1 is 1.50 bits per heavy atom.